The van der Waals surface area contributed by atoms with Crippen molar-refractivity contribution < 1.29 is 13.6 Å². The van der Waals surface area contributed by atoms with Crippen LogP contribution in [0.3, 0.4) is 0 Å². The number of allylic oxidation sites excluding steroid dienone is 1. The van der Waals surface area contributed by atoms with E-state index in [1.807, 2.05) is 0 Å². The Hall–Kier alpha value is -1.75. The van der Waals surface area contributed by atoms with Gasteiger partial charge in [0.2, 0.25) is 0 Å². The fourth-order valence-electron chi connectivity index (χ4n) is 1.17. The molecule has 0 fully saturated rings. The third kappa shape index (κ3) is 3.92. The van der Waals surface area contributed by atoms with Gasteiger partial charge in [-0.25, -0.2) is 8.78 Å². The van der Waals surface area contributed by atoms with Gasteiger partial charge in [-0.1, -0.05) is 11.6 Å². The fourth-order valence-corrected chi connectivity index (χ4v) is 1.35. The average molecular weight is 273 g/mol. The topological polar surface area (TPSA) is 41.5 Å². The second-order valence-electron chi connectivity index (χ2n) is 3.47. The Morgan fingerprint density at radius 3 is 2.39 bits per heavy atom. The standard InChI is InChI=1S/C12H11ClF2N2O/c1-7(11(13)6-16-2)12(18)17-10-4-8(14)3-9(15)5-10/h3-6H,1-2H3,(H,17,18). The van der Waals surface area contributed by atoms with E-state index in [1.165, 1.54) is 20.2 Å². The van der Waals surface area contributed by atoms with Crippen LogP contribution in [0.2, 0.25) is 0 Å². The Kier molecular flexibility index (Phi) is 4.97. The predicted octanol–water partition coefficient (Wildman–Crippen LogP) is 3.12. The van der Waals surface area contributed by atoms with Gasteiger partial charge in [-0.3, -0.25) is 9.79 Å². The van der Waals surface area contributed by atoms with Gasteiger partial charge in [-0.05, 0) is 19.1 Å². The van der Waals surface area contributed by atoms with Crippen LogP contribution in [0.5, 0.6) is 0 Å². The van der Waals surface area contributed by atoms with Crippen molar-refractivity contribution in [2.24, 2.45) is 4.99 Å². The smallest absolute Gasteiger partial charge is 0.252 e. The quantitative estimate of drug-likeness (QED) is 0.667. The second-order valence-corrected chi connectivity index (χ2v) is 3.88. The molecule has 0 radical (unpaired) electrons. The summed E-state index contributed by atoms with van der Waals surface area (Å²) >= 11 is 5.78. The van der Waals surface area contributed by atoms with E-state index < -0.39 is 17.5 Å². The molecule has 1 aromatic rings. The van der Waals surface area contributed by atoms with Crippen molar-refractivity contribution in [1.29, 1.82) is 0 Å². The molecule has 1 amide bonds. The number of anilines is 1. The molecule has 0 spiro atoms. The first kappa shape index (κ1) is 14.3. The van der Waals surface area contributed by atoms with E-state index in [9.17, 15) is 13.6 Å². The van der Waals surface area contributed by atoms with Crippen molar-refractivity contribution in [2.75, 3.05) is 12.4 Å². The van der Waals surface area contributed by atoms with E-state index in [0.29, 0.717) is 0 Å². The minimum absolute atomic E-state index is 0.0229. The number of carbonyl (C=O) groups excluding carboxylic acids is 1. The maximum absolute atomic E-state index is 12.9. The molecule has 0 bridgehead atoms. The number of halogens is 3. The summed E-state index contributed by atoms with van der Waals surface area (Å²) in [6.45, 7) is 1.48. The predicted molar refractivity (Wildman–Crippen MR) is 68.0 cm³/mol. The van der Waals surface area contributed by atoms with Crippen molar-refractivity contribution >= 4 is 29.4 Å². The summed E-state index contributed by atoms with van der Waals surface area (Å²) < 4.78 is 25.8. The molecule has 96 valence electrons. The number of carbonyl (C=O) groups is 1. The zero-order chi connectivity index (χ0) is 13.7. The van der Waals surface area contributed by atoms with E-state index in [2.05, 4.69) is 10.3 Å². The number of amides is 1. The molecule has 0 aliphatic carbocycles. The highest BCUT2D eigenvalue weighted by molar-refractivity contribution is 6.41. The van der Waals surface area contributed by atoms with Gasteiger partial charge in [0.15, 0.2) is 0 Å². The number of nitrogens with zero attached hydrogens (tertiary/aromatic N) is 1. The molecule has 1 N–H and O–H groups in total. The van der Waals surface area contributed by atoms with E-state index in [1.54, 1.807) is 0 Å². The Balaban J connectivity index is 2.91. The van der Waals surface area contributed by atoms with Crippen LogP contribution in [0.25, 0.3) is 0 Å². The molecular formula is C12H11ClF2N2O. The number of hydrogen-bond acceptors (Lipinski definition) is 2. The molecule has 0 saturated heterocycles. The van der Waals surface area contributed by atoms with Gasteiger partial charge in [0.1, 0.15) is 11.6 Å². The first-order chi connectivity index (χ1) is 8.43. The van der Waals surface area contributed by atoms with Crippen LogP contribution in [-0.4, -0.2) is 19.2 Å². The molecule has 1 aromatic carbocycles. The summed E-state index contributed by atoms with van der Waals surface area (Å²) in [5.74, 6) is -2.09. The fraction of sp³-hybridized carbons (Fsp3) is 0.167. The largest absolute Gasteiger partial charge is 0.322 e. The number of benzene rings is 1. The van der Waals surface area contributed by atoms with Crippen molar-refractivity contribution in [3.8, 4) is 0 Å². The van der Waals surface area contributed by atoms with Crippen LogP contribution < -0.4 is 5.32 Å². The van der Waals surface area contributed by atoms with Gasteiger partial charge in [0.25, 0.3) is 5.91 Å². The molecule has 0 unspecified atom stereocenters. The Morgan fingerprint density at radius 1 is 1.33 bits per heavy atom. The summed E-state index contributed by atoms with van der Waals surface area (Å²) in [7, 11) is 1.51. The molecule has 0 heterocycles. The maximum atomic E-state index is 12.9. The van der Waals surface area contributed by atoms with Gasteiger partial charge >= 0.3 is 0 Å². The summed E-state index contributed by atoms with van der Waals surface area (Å²) in [5, 5.41) is 2.50. The number of hydrogen-bond donors (Lipinski definition) is 1. The molecule has 3 nitrogen and oxygen atoms in total. The number of rotatable bonds is 3. The van der Waals surface area contributed by atoms with E-state index in [-0.39, 0.29) is 16.3 Å². The van der Waals surface area contributed by atoms with Gasteiger partial charge < -0.3 is 5.32 Å². The SMILES string of the molecule is CN=CC(Cl)=C(C)C(=O)Nc1cc(F)cc(F)c1. The Morgan fingerprint density at radius 2 is 1.89 bits per heavy atom. The van der Waals surface area contributed by atoms with E-state index >= 15 is 0 Å². The van der Waals surface area contributed by atoms with Crippen molar-refractivity contribution in [3.05, 3.63) is 40.4 Å². The number of nitrogens with one attached hydrogen (secondary N) is 1. The lowest BCUT2D eigenvalue weighted by Gasteiger charge is -2.06. The summed E-state index contributed by atoms with van der Waals surface area (Å²) in [6, 6.07) is 2.74. The first-order valence-electron chi connectivity index (χ1n) is 5.00. The Bertz CT molecular complexity index is 507. The normalized spacial score (nSPS) is 12.5. The summed E-state index contributed by atoms with van der Waals surface area (Å²) in [6.07, 6.45) is 1.31. The lowest BCUT2D eigenvalue weighted by atomic mass is 10.2. The van der Waals surface area contributed by atoms with E-state index in [4.69, 9.17) is 11.6 Å². The lowest BCUT2D eigenvalue weighted by molar-refractivity contribution is -0.112. The van der Waals surface area contributed by atoms with Gasteiger partial charge in [-0.15, -0.1) is 0 Å². The lowest BCUT2D eigenvalue weighted by Crippen LogP contribution is -2.14. The zero-order valence-electron chi connectivity index (χ0n) is 9.80. The van der Waals surface area contributed by atoms with Gasteiger partial charge in [-0.2, -0.15) is 0 Å². The van der Waals surface area contributed by atoms with E-state index in [0.717, 1.165) is 18.2 Å². The minimum Gasteiger partial charge on any atom is -0.322 e. The van der Waals surface area contributed by atoms with Gasteiger partial charge in [0, 0.05) is 30.6 Å². The van der Waals surface area contributed by atoms with Crippen LogP contribution >= 0.6 is 11.6 Å². The molecule has 0 aliphatic rings. The third-order valence-electron chi connectivity index (χ3n) is 2.06. The average Bonchev–Trinajstić information content (AvgIpc) is 2.26. The molecule has 0 atom stereocenters. The van der Waals surface area contributed by atoms with Gasteiger partial charge in [0.05, 0.1) is 5.03 Å². The van der Waals surface area contributed by atoms with Crippen LogP contribution in [0.1, 0.15) is 6.92 Å². The number of aliphatic imine (C=N–C) groups is 1. The monoisotopic (exact) mass is 272 g/mol. The minimum atomic E-state index is -0.770. The second kappa shape index (κ2) is 6.26. The van der Waals surface area contributed by atoms with Crippen molar-refractivity contribution in [3.63, 3.8) is 0 Å². The molecule has 0 saturated carbocycles. The van der Waals surface area contributed by atoms with Crippen LogP contribution in [0.15, 0.2) is 33.8 Å². The van der Waals surface area contributed by atoms with Crippen molar-refractivity contribution in [1.82, 2.24) is 0 Å². The Labute approximate surface area is 108 Å². The maximum Gasteiger partial charge on any atom is 0.252 e. The highest BCUT2D eigenvalue weighted by atomic mass is 35.5. The molecular weight excluding hydrogens is 262 g/mol. The third-order valence-corrected chi connectivity index (χ3v) is 2.44. The molecule has 1 rings (SSSR count). The van der Waals surface area contributed by atoms with Crippen LogP contribution in [-0.2, 0) is 4.79 Å². The van der Waals surface area contributed by atoms with Crippen LogP contribution in [0, 0.1) is 11.6 Å². The first-order valence-corrected chi connectivity index (χ1v) is 5.38. The highest BCUT2D eigenvalue weighted by Crippen LogP contribution is 2.15. The van der Waals surface area contributed by atoms with Crippen LogP contribution in [0.4, 0.5) is 14.5 Å². The zero-order valence-corrected chi connectivity index (χ0v) is 10.6. The molecule has 0 aromatic heterocycles. The summed E-state index contributed by atoms with van der Waals surface area (Å²) in [4.78, 5) is 15.4. The summed E-state index contributed by atoms with van der Waals surface area (Å²) in [5.41, 5.74) is 0.224. The van der Waals surface area contributed by atoms with Crippen molar-refractivity contribution in [2.45, 2.75) is 6.92 Å². The highest BCUT2D eigenvalue weighted by Gasteiger charge is 2.10. The molecule has 0 aliphatic heterocycles. The molecule has 6 heteroatoms. The molecule has 18 heavy (non-hydrogen) atoms.